The average molecular weight is 1000 g/mol. The molecule has 2 saturated heterocycles. The lowest BCUT2D eigenvalue weighted by Crippen LogP contribution is -2.47. The molecule has 3 aliphatic rings. The first kappa shape index (κ1) is 51.1. The second kappa shape index (κ2) is 20.8. The van der Waals surface area contributed by atoms with Crippen LogP contribution in [0.3, 0.4) is 0 Å². The number of alkyl halides is 3. The summed E-state index contributed by atoms with van der Waals surface area (Å²) in [5.41, 5.74) is 4.15. The molecule has 0 bridgehead atoms. The van der Waals surface area contributed by atoms with Gasteiger partial charge in [0.25, 0.3) is 5.69 Å². The van der Waals surface area contributed by atoms with E-state index in [4.69, 9.17) is 9.47 Å². The molecule has 0 radical (unpaired) electrons. The van der Waals surface area contributed by atoms with Crippen molar-refractivity contribution < 1.29 is 45.6 Å². The van der Waals surface area contributed by atoms with Crippen LogP contribution < -0.4 is 15.0 Å². The smallest absolute Gasteiger partial charge is 0.416 e. The number of fused-ring (bicyclic) bond motifs is 1. The number of aromatic amines is 1. The van der Waals surface area contributed by atoms with Gasteiger partial charge in [0, 0.05) is 87.7 Å². The molecule has 2 aliphatic heterocycles. The summed E-state index contributed by atoms with van der Waals surface area (Å²) in [7, 11) is -4.41. The molecule has 0 saturated carbocycles. The summed E-state index contributed by atoms with van der Waals surface area (Å²) in [5, 5.41) is 16.0. The molecule has 3 aromatic carbocycles. The van der Waals surface area contributed by atoms with E-state index in [2.05, 4.69) is 38.9 Å². The Morgan fingerprint density at radius 1 is 1.03 bits per heavy atom. The van der Waals surface area contributed by atoms with E-state index in [1.807, 2.05) is 19.9 Å². The molecule has 4 heterocycles. The highest BCUT2D eigenvalue weighted by Gasteiger charge is 2.34. The number of aryl methyl sites for hydroxylation is 1. The van der Waals surface area contributed by atoms with Crippen molar-refractivity contribution in [3.63, 3.8) is 0 Å². The number of ketones is 1. The van der Waals surface area contributed by atoms with Gasteiger partial charge >= 0.3 is 6.18 Å². The van der Waals surface area contributed by atoms with Gasteiger partial charge in [-0.1, -0.05) is 39.3 Å². The number of anilines is 2. The topological polar surface area (TPSA) is 180 Å². The van der Waals surface area contributed by atoms with E-state index >= 15 is 0 Å². The zero-order chi connectivity index (χ0) is 50.8. The Morgan fingerprint density at radius 3 is 2.52 bits per heavy atom. The molecule has 5 aromatic rings. The average Bonchev–Trinajstić information content (AvgIpc) is 3.80. The summed E-state index contributed by atoms with van der Waals surface area (Å²) >= 11 is 0. The van der Waals surface area contributed by atoms with Crippen molar-refractivity contribution in [1.29, 1.82) is 0 Å². The predicted octanol–water partition coefficient (Wildman–Crippen LogP) is 9.72. The molecule has 378 valence electrons. The maximum absolute atomic E-state index is 14.1. The number of nitro benzene ring substituents is 1. The number of nitrogens with zero attached hydrogens (tertiary/aromatic N) is 5. The SMILES string of the molecule is Cc1cc(C(F)(F)F)ccc1C1=C(CN2CCN(c3ccc(C(=O)CS(=O)(=O)c4ccc(NCCC5CN(C(=O)C(C)C)CCO5)c([N+](=O)[O-])c4)c(Oc4cnc5[nH]ccc5c4)c3)CC2)CCC(C)(C)C1. The van der Waals surface area contributed by atoms with Gasteiger partial charge in [0.2, 0.25) is 5.91 Å². The lowest BCUT2D eigenvalue weighted by molar-refractivity contribution is -0.384. The number of piperazine rings is 1. The van der Waals surface area contributed by atoms with Gasteiger partial charge in [-0.25, -0.2) is 13.4 Å². The standard InChI is InChI=1S/C52H60F3N7O8S/c1-33(2)50(64)61-22-23-69-39(31-61)14-17-56-45-11-8-41(27-46(45)62(65)66)71(67,68)32-47(63)43-10-7-38(26-48(43)70-40-25-35-13-16-57-49(35)58-29-40)60-20-18-59(19-21-60)30-36-12-15-51(4,5)28-44(36)42-9-6-37(24-34(42)3)52(53,54)55/h6-11,13,16,24-27,29,33,39,56H,12,14-15,17-23,28,30-32H2,1-5H3,(H,57,58). The number of carbonyl (C=O) groups excluding carboxylic acids is 2. The quantitative estimate of drug-likeness (QED) is 0.0544. The van der Waals surface area contributed by atoms with Crippen molar-refractivity contribution >= 4 is 55.2 Å². The molecule has 1 unspecified atom stereocenters. The molecule has 8 rings (SSSR count). The largest absolute Gasteiger partial charge is 0.455 e. The van der Waals surface area contributed by atoms with Gasteiger partial charge in [0.15, 0.2) is 15.6 Å². The molecule has 15 nitrogen and oxygen atoms in total. The van der Waals surface area contributed by atoms with E-state index in [0.717, 1.165) is 47.5 Å². The van der Waals surface area contributed by atoms with E-state index in [1.54, 1.807) is 42.3 Å². The van der Waals surface area contributed by atoms with Crippen molar-refractivity contribution in [2.75, 3.05) is 74.9 Å². The molecule has 19 heteroatoms. The third-order valence-corrected chi connectivity index (χ3v) is 15.3. The van der Waals surface area contributed by atoms with Gasteiger partial charge in [0.05, 0.1) is 39.9 Å². The zero-order valence-corrected chi connectivity index (χ0v) is 41.4. The van der Waals surface area contributed by atoms with Crippen LogP contribution >= 0.6 is 0 Å². The molecule has 1 atom stereocenters. The minimum atomic E-state index is -4.42. The third kappa shape index (κ3) is 12.1. The highest BCUT2D eigenvalue weighted by Crippen LogP contribution is 2.45. The number of nitrogens with one attached hydrogen (secondary N) is 2. The van der Waals surface area contributed by atoms with Crippen LogP contribution in [-0.2, 0) is 25.5 Å². The van der Waals surface area contributed by atoms with Crippen molar-refractivity contribution in [3.05, 3.63) is 117 Å². The zero-order valence-electron chi connectivity index (χ0n) is 40.6. The summed E-state index contributed by atoms with van der Waals surface area (Å²) in [5.74, 6) is -1.48. The first-order valence-electron chi connectivity index (χ1n) is 23.9. The Labute approximate surface area is 411 Å². The normalized spacial score (nSPS) is 18.0. The fourth-order valence-electron chi connectivity index (χ4n) is 9.70. The van der Waals surface area contributed by atoms with E-state index in [-0.39, 0.29) is 46.9 Å². The van der Waals surface area contributed by atoms with Crippen LogP contribution in [0.25, 0.3) is 16.6 Å². The maximum Gasteiger partial charge on any atom is 0.416 e. The highest BCUT2D eigenvalue weighted by molar-refractivity contribution is 7.92. The number of Topliss-reactive ketones (excluding diaryl/α,β-unsaturated/α-hetero) is 1. The summed E-state index contributed by atoms with van der Waals surface area (Å²) in [6.45, 7) is 14.6. The lowest BCUT2D eigenvalue weighted by atomic mass is 9.72. The summed E-state index contributed by atoms with van der Waals surface area (Å²) < 4.78 is 80.7. The number of hydrogen-bond donors (Lipinski definition) is 2. The van der Waals surface area contributed by atoms with Gasteiger partial charge in [-0.3, -0.25) is 24.6 Å². The Balaban J connectivity index is 0.975. The van der Waals surface area contributed by atoms with Gasteiger partial charge in [-0.15, -0.1) is 0 Å². The number of allylic oxidation sites excluding steroid dienone is 1. The number of hydrogen-bond acceptors (Lipinski definition) is 12. The van der Waals surface area contributed by atoms with Crippen LogP contribution in [-0.4, -0.2) is 116 Å². The van der Waals surface area contributed by atoms with Crippen molar-refractivity contribution in [2.24, 2.45) is 11.3 Å². The number of amides is 1. The van der Waals surface area contributed by atoms with Crippen LogP contribution in [0, 0.1) is 28.4 Å². The van der Waals surface area contributed by atoms with Crippen LogP contribution in [0.5, 0.6) is 11.5 Å². The van der Waals surface area contributed by atoms with E-state index in [9.17, 15) is 41.3 Å². The Hall–Kier alpha value is -6.31. The number of nitro groups is 1. The molecule has 0 spiro atoms. The Kier molecular flexibility index (Phi) is 15.0. The van der Waals surface area contributed by atoms with E-state index in [0.29, 0.717) is 75.8 Å². The fourth-order valence-corrected chi connectivity index (χ4v) is 10.9. The summed E-state index contributed by atoms with van der Waals surface area (Å²) in [6.07, 6.45) is 1.55. The maximum atomic E-state index is 14.1. The molecule has 2 aromatic heterocycles. The molecule has 2 N–H and O–H groups in total. The molecule has 2 fully saturated rings. The van der Waals surface area contributed by atoms with Crippen molar-refractivity contribution in [3.8, 4) is 11.5 Å². The Bertz CT molecular complexity index is 2960. The lowest BCUT2D eigenvalue weighted by Gasteiger charge is -2.39. The highest BCUT2D eigenvalue weighted by atomic mass is 32.2. The molecular formula is C52H60F3N7O8S. The monoisotopic (exact) mass is 999 g/mol. The molecular weight excluding hydrogens is 940 g/mol. The number of sulfone groups is 1. The number of aromatic nitrogens is 2. The van der Waals surface area contributed by atoms with Crippen molar-refractivity contribution in [2.45, 2.75) is 77.5 Å². The molecule has 1 amide bonds. The predicted molar refractivity (Wildman–Crippen MR) is 266 cm³/mol. The van der Waals surface area contributed by atoms with Crippen molar-refractivity contribution in [1.82, 2.24) is 19.8 Å². The van der Waals surface area contributed by atoms with Crippen LogP contribution in [0.2, 0.25) is 0 Å². The third-order valence-electron chi connectivity index (χ3n) is 13.7. The minimum absolute atomic E-state index is 0.00486. The number of morpholine rings is 1. The second-order valence-electron chi connectivity index (χ2n) is 19.8. The van der Waals surface area contributed by atoms with Gasteiger partial charge in [0.1, 0.15) is 28.6 Å². The van der Waals surface area contributed by atoms with E-state index in [1.165, 1.54) is 42.1 Å². The number of pyridine rings is 1. The molecule has 71 heavy (non-hydrogen) atoms. The van der Waals surface area contributed by atoms with Gasteiger partial charge < -0.3 is 29.6 Å². The first-order valence-corrected chi connectivity index (χ1v) is 25.6. The number of rotatable bonds is 16. The fraction of sp³-hybridized carbons (Fsp3) is 0.442. The van der Waals surface area contributed by atoms with Crippen LogP contribution in [0.15, 0.2) is 89.6 Å². The van der Waals surface area contributed by atoms with Crippen LogP contribution in [0.1, 0.15) is 80.4 Å². The number of carbonyl (C=O) groups is 2. The molecule has 1 aliphatic carbocycles. The van der Waals surface area contributed by atoms with E-state index < -0.39 is 48.6 Å². The minimum Gasteiger partial charge on any atom is -0.455 e. The number of halogens is 3. The number of H-pyrrole nitrogens is 1. The second-order valence-corrected chi connectivity index (χ2v) is 21.8. The summed E-state index contributed by atoms with van der Waals surface area (Å²) in [4.78, 5) is 51.5. The van der Waals surface area contributed by atoms with Gasteiger partial charge in [-0.05, 0) is 103 Å². The summed E-state index contributed by atoms with van der Waals surface area (Å²) in [6, 6.07) is 16.1. The van der Waals surface area contributed by atoms with Gasteiger partial charge in [-0.2, -0.15) is 13.2 Å². The first-order chi connectivity index (χ1) is 33.6. The number of ether oxygens (including phenoxy) is 2. The number of benzene rings is 3. The Morgan fingerprint density at radius 2 is 1.80 bits per heavy atom. The van der Waals surface area contributed by atoms with Crippen LogP contribution in [0.4, 0.5) is 30.2 Å².